The molecule has 2 aromatic rings. The second kappa shape index (κ2) is 12.3. The standard InChI is InChI=1S/C26H36N2O4.2ClH/c1-19-5-7-23(22(13-19)26(2,3)4)30-17-21(29)16-28-11-9-27(10-12-28)15-20-6-8-24-25(14-20)32-18-31-24;;/h5-8,13-14,21,29H,9-12,15-18H2,1-4H3;2*1H. The van der Waals surface area contributed by atoms with E-state index in [-0.39, 0.29) is 30.2 Å². The van der Waals surface area contributed by atoms with E-state index < -0.39 is 6.10 Å². The summed E-state index contributed by atoms with van der Waals surface area (Å²) in [5.41, 5.74) is 3.65. The lowest BCUT2D eigenvalue weighted by molar-refractivity contribution is 0.0442. The van der Waals surface area contributed by atoms with Gasteiger partial charge in [0.25, 0.3) is 0 Å². The zero-order valence-electron chi connectivity index (χ0n) is 20.6. The lowest BCUT2D eigenvalue weighted by Gasteiger charge is -2.35. The minimum absolute atomic E-state index is 0. The molecule has 0 amide bonds. The van der Waals surface area contributed by atoms with Gasteiger partial charge in [-0.1, -0.05) is 44.5 Å². The minimum atomic E-state index is -0.510. The van der Waals surface area contributed by atoms with Crippen LogP contribution >= 0.6 is 24.8 Å². The van der Waals surface area contributed by atoms with Crippen LogP contribution in [-0.4, -0.2) is 67.1 Å². The highest BCUT2D eigenvalue weighted by molar-refractivity contribution is 5.85. The van der Waals surface area contributed by atoms with Crippen LogP contribution in [0.15, 0.2) is 36.4 Å². The zero-order chi connectivity index (χ0) is 22.7. The third-order valence-corrected chi connectivity index (χ3v) is 6.15. The van der Waals surface area contributed by atoms with Gasteiger partial charge in [0.1, 0.15) is 18.5 Å². The fourth-order valence-corrected chi connectivity index (χ4v) is 4.32. The van der Waals surface area contributed by atoms with Crippen molar-refractivity contribution in [2.24, 2.45) is 0 Å². The molecule has 0 aromatic heterocycles. The minimum Gasteiger partial charge on any atom is -0.491 e. The van der Waals surface area contributed by atoms with Crippen molar-refractivity contribution in [1.29, 1.82) is 0 Å². The monoisotopic (exact) mass is 512 g/mol. The molecular formula is C26H38Cl2N2O4. The van der Waals surface area contributed by atoms with E-state index in [0.29, 0.717) is 19.9 Å². The summed E-state index contributed by atoms with van der Waals surface area (Å²) in [5, 5.41) is 10.6. The summed E-state index contributed by atoms with van der Waals surface area (Å²) in [5.74, 6) is 2.54. The quantitative estimate of drug-likeness (QED) is 0.592. The molecule has 1 saturated heterocycles. The Balaban J connectivity index is 0.00000204. The summed E-state index contributed by atoms with van der Waals surface area (Å²) in [6.07, 6.45) is -0.510. The summed E-state index contributed by atoms with van der Waals surface area (Å²) < 4.78 is 16.9. The largest absolute Gasteiger partial charge is 0.491 e. The van der Waals surface area contributed by atoms with Gasteiger partial charge < -0.3 is 19.3 Å². The third kappa shape index (κ3) is 7.40. The summed E-state index contributed by atoms with van der Waals surface area (Å²) in [7, 11) is 0. The van der Waals surface area contributed by atoms with Crippen LogP contribution in [0, 0.1) is 6.92 Å². The number of aliphatic hydroxyl groups excluding tert-OH is 1. The first-order valence-electron chi connectivity index (χ1n) is 11.5. The maximum atomic E-state index is 10.6. The van der Waals surface area contributed by atoms with Gasteiger partial charge in [-0.25, -0.2) is 0 Å². The number of β-amino-alcohol motifs (C(OH)–C–C–N with tert-alkyl or cyclic N) is 1. The van der Waals surface area contributed by atoms with E-state index in [1.54, 1.807) is 0 Å². The van der Waals surface area contributed by atoms with E-state index in [9.17, 15) is 5.11 Å². The van der Waals surface area contributed by atoms with Gasteiger partial charge in [-0.3, -0.25) is 9.80 Å². The van der Waals surface area contributed by atoms with Crippen LogP contribution in [0.5, 0.6) is 17.2 Å². The molecule has 2 aliphatic heterocycles. The van der Waals surface area contributed by atoms with Gasteiger partial charge in [0.15, 0.2) is 11.5 Å². The molecule has 0 spiro atoms. The Labute approximate surface area is 216 Å². The average Bonchev–Trinajstić information content (AvgIpc) is 3.21. The topological polar surface area (TPSA) is 54.4 Å². The molecule has 8 heteroatoms. The molecule has 0 radical (unpaired) electrons. The fourth-order valence-electron chi connectivity index (χ4n) is 4.32. The molecule has 1 atom stereocenters. The van der Waals surface area contributed by atoms with E-state index in [4.69, 9.17) is 14.2 Å². The molecule has 2 aromatic carbocycles. The summed E-state index contributed by atoms with van der Waals surface area (Å²) >= 11 is 0. The molecule has 34 heavy (non-hydrogen) atoms. The molecule has 190 valence electrons. The van der Waals surface area contributed by atoms with Crippen molar-refractivity contribution in [3.05, 3.63) is 53.1 Å². The van der Waals surface area contributed by atoms with Gasteiger partial charge in [-0.05, 0) is 41.7 Å². The molecule has 2 aliphatic rings. The van der Waals surface area contributed by atoms with Crippen molar-refractivity contribution in [3.8, 4) is 17.2 Å². The summed E-state index contributed by atoms with van der Waals surface area (Å²) in [6.45, 7) is 14.7. The molecular weight excluding hydrogens is 475 g/mol. The van der Waals surface area contributed by atoms with Crippen LogP contribution in [0.4, 0.5) is 0 Å². The predicted octanol–water partition coefficient (Wildman–Crippen LogP) is 4.42. The van der Waals surface area contributed by atoms with E-state index in [0.717, 1.165) is 50.0 Å². The van der Waals surface area contributed by atoms with Crippen LogP contribution in [0.25, 0.3) is 0 Å². The number of fused-ring (bicyclic) bond motifs is 1. The number of hydrogen-bond acceptors (Lipinski definition) is 6. The van der Waals surface area contributed by atoms with Gasteiger partial charge in [0.2, 0.25) is 6.79 Å². The van der Waals surface area contributed by atoms with Gasteiger partial charge in [-0.2, -0.15) is 0 Å². The molecule has 1 N–H and O–H groups in total. The summed E-state index contributed by atoms with van der Waals surface area (Å²) in [4.78, 5) is 4.77. The van der Waals surface area contributed by atoms with Gasteiger partial charge >= 0.3 is 0 Å². The Hall–Kier alpha value is -1.70. The maximum Gasteiger partial charge on any atom is 0.231 e. The first-order valence-corrected chi connectivity index (χ1v) is 11.5. The van der Waals surface area contributed by atoms with E-state index in [2.05, 4.69) is 61.8 Å². The number of aryl methyl sites for hydroxylation is 1. The SMILES string of the molecule is Cc1ccc(OCC(O)CN2CCN(Cc3ccc4c(c3)OCO4)CC2)c(C(C)(C)C)c1.Cl.Cl. The molecule has 1 fully saturated rings. The molecule has 1 unspecified atom stereocenters. The normalized spacial score (nSPS) is 17.0. The van der Waals surface area contributed by atoms with Crippen molar-refractivity contribution in [2.75, 3.05) is 46.1 Å². The highest BCUT2D eigenvalue weighted by atomic mass is 35.5. The highest BCUT2D eigenvalue weighted by Crippen LogP contribution is 2.33. The Morgan fingerprint density at radius 2 is 1.62 bits per heavy atom. The Bertz CT molecular complexity index is 928. The lowest BCUT2D eigenvalue weighted by Crippen LogP contribution is -2.48. The highest BCUT2D eigenvalue weighted by Gasteiger charge is 2.23. The molecule has 6 nitrogen and oxygen atoms in total. The Morgan fingerprint density at radius 1 is 0.941 bits per heavy atom. The van der Waals surface area contributed by atoms with E-state index in [1.807, 2.05) is 12.1 Å². The zero-order valence-corrected chi connectivity index (χ0v) is 22.2. The number of benzene rings is 2. The van der Waals surface area contributed by atoms with Gasteiger partial charge in [0.05, 0.1) is 0 Å². The van der Waals surface area contributed by atoms with Crippen molar-refractivity contribution >= 4 is 24.8 Å². The first-order chi connectivity index (χ1) is 15.3. The van der Waals surface area contributed by atoms with Gasteiger partial charge in [0, 0.05) is 39.3 Å². The molecule has 2 heterocycles. The van der Waals surface area contributed by atoms with Crippen molar-refractivity contribution < 1.29 is 19.3 Å². The van der Waals surface area contributed by atoms with Crippen molar-refractivity contribution in [1.82, 2.24) is 9.80 Å². The molecule has 0 bridgehead atoms. The van der Waals surface area contributed by atoms with Crippen LogP contribution in [-0.2, 0) is 12.0 Å². The van der Waals surface area contributed by atoms with E-state index >= 15 is 0 Å². The third-order valence-electron chi connectivity index (χ3n) is 6.15. The van der Waals surface area contributed by atoms with Crippen molar-refractivity contribution in [2.45, 2.75) is 45.8 Å². The number of nitrogens with zero attached hydrogens (tertiary/aromatic N) is 2. The first kappa shape index (κ1) is 28.5. The van der Waals surface area contributed by atoms with Crippen LogP contribution < -0.4 is 14.2 Å². The van der Waals surface area contributed by atoms with E-state index in [1.165, 1.54) is 16.7 Å². The molecule has 0 aliphatic carbocycles. The number of piperazine rings is 1. The summed E-state index contributed by atoms with van der Waals surface area (Å²) in [6, 6.07) is 12.4. The number of ether oxygens (including phenoxy) is 3. The van der Waals surface area contributed by atoms with Gasteiger partial charge in [-0.15, -0.1) is 24.8 Å². The van der Waals surface area contributed by atoms with Crippen LogP contribution in [0.3, 0.4) is 0 Å². The molecule has 0 saturated carbocycles. The number of rotatable bonds is 7. The van der Waals surface area contributed by atoms with Crippen LogP contribution in [0.2, 0.25) is 0 Å². The smallest absolute Gasteiger partial charge is 0.231 e. The second-order valence-corrected chi connectivity index (χ2v) is 9.98. The van der Waals surface area contributed by atoms with Crippen LogP contribution in [0.1, 0.15) is 37.5 Å². The number of hydrogen-bond donors (Lipinski definition) is 1. The number of halogens is 2. The Kier molecular flexibility index (Phi) is 10.3. The number of aliphatic hydroxyl groups is 1. The lowest BCUT2D eigenvalue weighted by atomic mass is 9.85. The Morgan fingerprint density at radius 3 is 2.32 bits per heavy atom. The maximum absolute atomic E-state index is 10.6. The second-order valence-electron chi connectivity index (χ2n) is 9.98. The predicted molar refractivity (Wildman–Crippen MR) is 140 cm³/mol. The fraction of sp³-hybridized carbons (Fsp3) is 0.538. The average molecular weight is 514 g/mol. The molecule has 4 rings (SSSR count). The van der Waals surface area contributed by atoms with Crippen molar-refractivity contribution in [3.63, 3.8) is 0 Å².